The molecule has 3 aromatic rings. The first-order valence-electron chi connectivity index (χ1n) is 11.7. The SMILES string of the molecule is CNC(=O)C1(Cc2cccc(-c3ccccc3C)c2)CCN(C(=O)Cc2ccccc2)CC1. The number of benzene rings is 3. The zero-order chi connectivity index (χ0) is 23.3. The van der Waals surface area contributed by atoms with E-state index < -0.39 is 5.41 Å². The third-order valence-electron chi connectivity index (χ3n) is 6.91. The standard InChI is InChI=1S/C29H32N2O2/c1-22-9-6-7-14-26(22)25-13-8-12-24(19-25)21-29(28(33)30-2)15-17-31(18-16-29)27(32)20-23-10-4-3-5-11-23/h3-14,19H,15-18,20-21H2,1-2H3,(H,30,33). The van der Waals surface area contributed by atoms with Crippen LogP contribution < -0.4 is 5.32 Å². The van der Waals surface area contributed by atoms with E-state index in [1.165, 1.54) is 16.7 Å². The number of rotatable bonds is 6. The van der Waals surface area contributed by atoms with Crippen molar-refractivity contribution in [1.29, 1.82) is 0 Å². The monoisotopic (exact) mass is 440 g/mol. The molecule has 4 rings (SSSR count). The predicted molar refractivity (Wildman–Crippen MR) is 133 cm³/mol. The van der Waals surface area contributed by atoms with Crippen molar-refractivity contribution < 1.29 is 9.59 Å². The van der Waals surface area contributed by atoms with Crippen molar-refractivity contribution in [3.63, 3.8) is 0 Å². The van der Waals surface area contributed by atoms with E-state index in [9.17, 15) is 9.59 Å². The zero-order valence-electron chi connectivity index (χ0n) is 19.5. The van der Waals surface area contributed by atoms with Gasteiger partial charge in [-0.05, 0) is 54.0 Å². The summed E-state index contributed by atoms with van der Waals surface area (Å²) in [6, 6.07) is 26.7. The Labute approximate surface area is 196 Å². The van der Waals surface area contributed by atoms with Crippen LogP contribution in [0.2, 0.25) is 0 Å². The number of aryl methyl sites for hydroxylation is 1. The second-order valence-corrected chi connectivity index (χ2v) is 9.09. The summed E-state index contributed by atoms with van der Waals surface area (Å²) in [6.07, 6.45) is 2.42. The molecule has 0 saturated carbocycles. The lowest BCUT2D eigenvalue weighted by molar-refractivity contribution is -0.140. The molecule has 1 N–H and O–H groups in total. The van der Waals surface area contributed by atoms with E-state index in [1.807, 2.05) is 35.2 Å². The summed E-state index contributed by atoms with van der Waals surface area (Å²) in [5.74, 6) is 0.201. The molecule has 1 fully saturated rings. The quantitative estimate of drug-likeness (QED) is 0.598. The molecular weight excluding hydrogens is 408 g/mol. The molecule has 0 aromatic heterocycles. The van der Waals surface area contributed by atoms with Crippen molar-refractivity contribution >= 4 is 11.8 Å². The first-order chi connectivity index (χ1) is 16.0. The van der Waals surface area contributed by atoms with Crippen molar-refractivity contribution in [2.24, 2.45) is 5.41 Å². The van der Waals surface area contributed by atoms with E-state index in [0.29, 0.717) is 38.8 Å². The maximum atomic E-state index is 13.1. The van der Waals surface area contributed by atoms with Gasteiger partial charge in [-0.2, -0.15) is 0 Å². The summed E-state index contributed by atoms with van der Waals surface area (Å²) in [5.41, 5.74) is 5.31. The fraction of sp³-hybridized carbons (Fsp3) is 0.310. The summed E-state index contributed by atoms with van der Waals surface area (Å²) in [6.45, 7) is 3.34. The number of nitrogens with one attached hydrogen (secondary N) is 1. The second-order valence-electron chi connectivity index (χ2n) is 9.09. The number of hydrogen-bond acceptors (Lipinski definition) is 2. The van der Waals surface area contributed by atoms with Crippen LogP contribution in [-0.4, -0.2) is 36.9 Å². The zero-order valence-corrected chi connectivity index (χ0v) is 19.5. The Morgan fingerprint density at radius 2 is 1.55 bits per heavy atom. The van der Waals surface area contributed by atoms with Crippen LogP contribution in [-0.2, 0) is 22.4 Å². The van der Waals surface area contributed by atoms with Gasteiger partial charge in [0.1, 0.15) is 0 Å². The first-order valence-corrected chi connectivity index (χ1v) is 11.7. The molecule has 1 heterocycles. The predicted octanol–water partition coefficient (Wildman–Crippen LogP) is 4.80. The minimum absolute atomic E-state index is 0.0685. The highest BCUT2D eigenvalue weighted by molar-refractivity contribution is 5.84. The molecule has 0 unspecified atom stereocenters. The highest BCUT2D eigenvalue weighted by Gasteiger charge is 2.41. The van der Waals surface area contributed by atoms with Gasteiger partial charge in [-0.25, -0.2) is 0 Å². The number of carbonyl (C=O) groups is 2. The van der Waals surface area contributed by atoms with Gasteiger partial charge in [0.05, 0.1) is 11.8 Å². The molecule has 0 atom stereocenters. The van der Waals surface area contributed by atoms with Crippen LogP contribution in [0.4, 0.5) is 0 Å². The smallest absolute Gasteiger partial charge is 0.226 e. The molecule has 3 aromatic carbocycles. The molecule has 1 aliphatic rings. The summed E-state index contributed by atoms with van der Waals surface area (Å²) >= 11 is 0. The van der Waals surface area contributed by atoms with E-state index in [2.05, 4.69) is 60.8 Å². The second kappa shape index (κ2) is 10.0. The van der Waals surface area contributed by atoms with Crippen LogP contribution in [0.25, 0.3) is 11.1 Å². The Morgan fingerprint density at radius 1 is 0.879 bits per heavy atom. The van der Waals surface area contributed by atoms with Gasteiger partial charge in [-0.1, -0.05) is 78.9 Å². The molecule has 2 amide bonds. The lowest BCUT2D eigenvalue weighted by atomic mass is 9.72. The Bertz CT molecular complexity index is 1120. The normalized spacial score (nSPS) is 15.2. The van der Waals surface area contributed by atoms with Gasteiger partial charge in [-0.15, -0.1) is 0 Å². The fourth-order valence-corrected chi connectivity index (χ4v) is 4.95. The largest absolute Gasteiger partial charge is 0.359 e. The van der Waals surface area contributed by atoms with Gasteiger partial charge < -0.3 is 10.2 Å². The third-order valence-corrected chi connectivity index (χ3v) is 6.91. The molecule has 0 radical (unpaired) electrons. The van der Waals surface area contributed by atoms with E-state index in [0.717, 1.165) is 11.1 Å². The van der Waals surface area contributed by atoms with Gasteiger partial charge in [0.25, 0.3) is 0 Å². The molecular formula is C29H32N2O2. The highest BCUT2D eigenvalue weighted by Crippen LogP contribution is 2.37. The van der Waals surface area contributed by atoms with Crippen molar-refractivity contribution in [1.82, 2.24) is 10.2 Å². The van der Waals surface area contributed by atoms with Crippen LogP contribution in [0, 0.1) is 12.3 Å². The maximum Gasteiger partial charge on any atom is 0.226 e. The summed E-state index contributed by atoms with van der Waals surface area (Å²) < 4.78 is 0. The van der Waals surface area contributed by atoms with Crippen molar-refractivity contribution in [2.75, 3.05) is 20.1 Å². The summed E-state index contributed by atoms with van der Waals surface area (Å²) in [5, 5.41) is 2.89. The number of amides is 2. The number of carbonyl (C=O) groups excluding carboxylic acids is 2. The summed E-state index contributed by atoms with van der Waals surface area (Å²) in [4.78, 5) is 27.8. The molecule has 4 nitrogen and oxygen atoms in total. The summed E-state index contributed by atoms with van der Waals surface area (Å²) in [7, 11) is 1.71. The van der Waals surface area contributed by atoms with Gasteiger partial charge in [0.2, 0.25) is 11.8 Å². The number of hydrogen-bond donors (Lipinski definition) is 1. The van der Waals surface area contributed by atoms with Crippen LogP contribution in [0.5, 0.6) is 0 Å². The molecule has 170 valence electrons. The van der Waals surface area contributed by atoms with E-state index in [4.69, 9.17) is 0 Å². The molecule has 0 aliphatic carbocycles. The van der Waals surface area contributed by atoms with Crippen LogP contribution in [0.1, 0.15) is 29.5 Å². The molecule has 4 heteroatoms. The molecule has 33 heavy (non-hydrogen) atoms. The van der Waals surface area contributed by atoms with Crippen molar-refractivity contribution in [3.05, 3.63) is 95.6 Å². The third kappa shape index (κ3) is 5.16. The van der Waals surface area contributed by atoms with E-state index >= 15 is 0 Å². The van der Waals surface area contributed by atoms with Crippen molar-refractivity contribution in [2.45, 2.75) is 32.6 Å². The lowest BCUT2D eigenvalue weighted by Crippen LogP contribution is -2.50. The van der Waals surface area contributed by atoms with Gasteiger partial charge in [0, 0.05) is 20.1 Å². The van der Waals surface area contributed by atoms with Gasteiger partial charge in [-0.3, -0.25) is 9.59 Å². The average Bonchev–Trinajstić information content (AvgIpc) is 2.85. The Hall–Kier alpha value is -3.40. The first kappa shape index (κ1) is 22.8. The fourth-order valence-electron chi connectivity index (χ4n) is 4.95. The molecule has 0 bridgehead atoms. The number of piperidine rings is 1. The molecule has 0 spiro atoms. The Kier molecular flexibility index (Phi) is 6.93. The maximum absolute atomic E-state index is 13.1. The van der Waals surface area contributed by atoms with Gasteiger partial charge >= 0.3 is 0 Å². The Morgan fingerprint density at radius 3 is 2.24 bits per heavy atom. The highest BCUT2D eigenvalue weighted by atomic mass is 16.2. The van der Waals surface area contributed by atoms with Crippen LogP contribution in [0.3, 0.4) is 0 Å². The van der Waals surface area contributed by atoms with E-state index in [-0.39, 0.29) is 11.8 Å². The minimum atomic E-state index is -0.497. The molecule has 1 saturated heterocycles. The topological polar surface area (TPSA) is 49.4 Å². The lowest BCUT2D eigenvalue weighted by Gasteiger charge is -2.40. The number of likely N-dealkylation sites (tertiary alicyclic amines) is 1. The molecule has 1 aliphatic heterocycles. The van der Waals surface area contributed by atoms with Crippen LogP contribution in [0.15, 0.2) is 78.9 Å². The van der Waals surface area contributed by atoms with Gasteiger partial charge in [0.15, 0.2) is 0 Å². The number of nitrogens with zero attached hydrogens (tertiary/aromatic N) is 1. The minimum Gasteiger partial charge on any atom is -0.359 e. The van der Waals surface area contributed by atoms with Crippen molar-refractivity contribution in [3.8, 4) is 11.1 Å². The Balaban J connectivity index is 1.49. The average molecular weight is 441 g/mol. The van der Waals surface area contributed by atoms with E-state index in [1.54, 1.807) is 7.05 Å². The van der Waals surface area contributed by atoms with Crippen LogP contribution >= 0.6 is 0 Å².